The number of hydrogen-bond acceptors (Lipinski definition) is 11. The number of likely N-dealkylation sites (N-methyl/N-ethyl adjacent to an activating group) is 1. The lowest BCUT2D eigenvalue weighted by Gasteiger charge is -2.36. The van der Waals surface area contributed by atoms with Crippen LogP contribution >= 0.6 is 0 Å². The molecule has 1 aliphatic heterocycles. The Morgan fingerprint density at radius 1 is 0.964 bits per heavy atom. The average Bonchev–Trinajstić information content (AvgIpc) is 3.57. The lowest BCUT2D eigenvalue weighted by atomic mass is 9.83. The number of aromatic nitrogens is 1. The highest BCUT2D eigenvalue weighted by Crippen LogP contribution is 2.29. The highest BCUT2D eigenvalue weighted by atomic mass is 16.5. The van der Waals surface area contributed by atoms with E-state index in [1.165, 1.54) is 39.4 Å². The minimum absolute atomic E-state index is 0.0736. The van der Waals surface area contributed by atoms with E-state index in [9.17, 15) is 48.3 Å². The van der Waals surface area contributed by atoms with Gasteiger partial charge < -0.3 is 41.3 Å². The van der Waals surface area contributed by atoms with Gasteiger partial charge in [0.05, 0.1) is 24.8 Å². The number of Topliss-reactive ketones (excluding diaryl/α,β-unsaturated/α-hetero) is 1. The van der Waals surface area contributed by atoms with Crippen LogP contribution in [0.1, 0.15) is 99.8 Å². The molecule has 56 heavy (non-hydrogen) atoms. The van der Waals surface area contributed by atoms with E-state index in [-0.39, 0.29) is 30.7 Å². The van der Waals surface area contributed by atoms with E-state index in [1.807, 2.05) is 0 Å². The first-order chi connectivity index (χ1) is 26.4. The standard InChI is InChI=1S/C38H53N7O11/c1-21(31(48)39-5)41-35(52)29(22-12-8-7-9-13-22)43-34(51)27-18-23(46)20-45(27)36(53)30(38(2,3)4)44-33(50)26(14-10-11-15-28(47)56-6)42-32(49)24-16-17-40-19-25(24)37(54)55/h11,15-17,19,21-22,26-27,29-30H,7-10,12-14,18,20H2,1-6H3,(H,39,48)(H,41,52)(H,42,49)(H,43,51)(H,44,50)(H,54,55)/b15-11+/t21-,26-,27-,29-,30+/m0/s1. The van der Waals surface area contributed by atoms with Crippen molar-refractivity contribution in [3.05, 3.63) is 41.7 Å². The number of ketones is 1. The van der Waals surface area contributed by atoms with Gasteiger partial charge in [-0.1, -0.05) is 46.1 Å². The molecule has 2 aliphatic rings. The first-order valence-corrected chi connectivity index (χ1v) is 18.6. The van der Waals surface area contributed by atoms with E-state index in [0.29, 0.717) is 12.8 Å². The molecule has 0 spiro atoms. The molecule has 1 saturated heterocycles. The van der Waals surface area contributed by atoms with Gasteiger partial charge in [0.1, 0.15) is 30.2 Å². The zero-order valence-electron chi connectivity index (χ0n) is 32.6. The number of carbonyl (C=O) groups excluding carboxylic acids is 8. The number of ether oxygens (including phenoxy) is 1. The van der Waals surface area contributed by atoms with Gasteiger partial charge >= 0.3 is 11.9 Å². The summed E-state index contributed by atoms with van der Waals surface area (Å²) >= 11 is 0. The summed E-state index contributed by atoms with van der Waals surface area (Å²) in [5.74, 6) is -7.00. The van der Waals surface area contributed by atoms with Gasteiger partial charge in [0.25, 0.3) is 5.91 Å². The summed E-state index contributed by atoms with van der Waals surface area (Å²) in [6.45, 7) is 6.04. The number of amides is 6. The third-order valence-electron chi connectivity index (χ3n) is 9.82. The molecule has 3 rings (SSSR count). The zero-order chi connectivity index (χ0) is 41.7. The molecule has 0 radical (unpaired) electrons. The van der Waals surface area contributed by atoms with Crippen molar-refractivity contribution in [2.24, 2.45) is 11.3 Å². The van der Waals surface area contributed by atoms with Gasteiger partial charge in [0, 0.05) is 31.9 Å². The number of esters is 1. The van der Waals surface area contributed by atoms with Crippen LogP contribution in [-0.2, 0) is 38.3 Å². The minimum Gasteiger partial charge on any atom is -0.478 e. The molecule has 1 aromatic heterocycles. The maximum absolute atomic E-state index is 14.4. The minimum atomic E-state index is -1.42. The number of allylic oxidation sites excluding steroid dienone is 1. The molecule has 5 atom stereocenters. The maximum Gasteiger partial charge on any atom is 0.338 e. The molecule has 306 valence electrons. The summed E-state index contributed by atoms with van der Waals surface area (Å²) in [5, 5.41) is 22.7. The molecule has 1 aromatic rings. The third kappa shape index (κ3) is 12.2. The normalized spacial score (nSPS) is 18.2. The number of likely N-dealkylation sites (tertiary alicyclic amines) is 1. The number of nitrogens with one attached hydrogen (secondary N) is 5. The van der Waals surface area contributed by atoms with Crippen molar-refractivity contribution < 1.29 is 53.0 Å². The van der Waals surface area contributed by atoms with Crippen LogP contribution in [0.25, 0.3) is 0 Å². The van der Waals surface area contributed by atoms with Crippen LogP contribution in [-0.4, -0.2) is 119 Å². The van der Waals surface area contributed by atoms with Gasteiger partial charge in [-0.05, 0) is 50.0 Å². The molecule has 1 aliphatic carbocycles. The van der Waals surface area contributed by atoms with Crippen molar-refractivity contribution in [1.29, 1.82) is 0 Å². The van der Waals surface area contributed by atoms with Crippen molar-refractivity contribution in [1.82, 2.24) is 36.5 Å². The lowest BCUT2D eigenvalue weighted by Crippen LogP contribution is -2.61. The van der Waals surface area contributed by atoms with E-state index in [1.54, 1.807) is 20.8 Å². The molecule has 0 aromatic carbocycles. The summed E-state index contributed by atoms with van der Waals surface area (Å²) in [5.41, 5.74) is -1.70. The predicted molar refractivity (Wildman–Crippen MR) is 200 cm³/mol. The number of carboxylic acid groups (broad SMARTS) is 1. The van der Waals surface area contributed by atoms with Crippen LogP contribution in [0, 0.1) is 11.3 Å². The Morgan fingerprint density at radius 3 is 2.25 bits per heavy atom. The van der Waals surface area contributed by atoms with E-state index in [2.05, 4.69) is 36.3 Å². The van der Waals surface area contributed by atoms with Crippen LogP contribution in [0.3, 0.4) is 0 Å². The van der Waals surface area contributed by atoms with Gasteiger partial charge in [0.2, 0.25) is 29.5 Å². The Bertz CT molecular complexity index is 1700. The first-order valence-electron chi connectivity index (χ1n) is 18.6. The topological polar surface area (TPSA) is 259 Å². The number of aromatic carboxylic acids is 1. The van der Waals surface area contributed by atoms with E-state index < -0.39 is 101 Å². The van der Waals surface area contributed by atoms with Crippen molar-refractivity contribution in [2.45, 2.75) is 109 Å². The van der Waals surface area contributed by atoms with Crippen LogP contribution in [0.4, 0.5) is 0 Å². The zero-order valence-corrected chi connectivity index (χ0v) is 32.6. The van der Waals surface area contributed by atoms with Gasteiger partial charge in [-0.15, -0.1) is 0 Å². The summed E-state index contributed by atoms with van der Waals surface area (Å²) in [7, 11) is 2.62. The second kappa shape index (κ2) is 20.3. The Kier molecular flexibility index (Phi) is 16.2. The average molecular weight is 784 g/mol. The van der Waals surface area contributed by atoms with E-state index in [4.69, 9.17) is 0 Å². The summed E-state index contributed by atoms with van der Waals surface area (Å²) in [6.07, 6.45) is 8.31. The second-order valence-corrected chi connectivity index (χ2v) is 15.0. The van der Waals surface area contributed by atoms with Crippen molar-refractivity contribution in [3.8, 4) is 0 Å². The fraction of sp³-hybridized carbons (Fsp3) is 0.579. The molecule has 18 nitrogen and oxygen atoms in total. The Labute approximate surface area is 325 Å². The Hall–Kier alpha value is -5.68. The molecule has 6 amide bonds. The van der Waals surface area contributed by atoms with Gasteiger partial charge in [0.15, 0.2) is 5.78 Å². The number of carbonyl (C=O) groups is 9. The quantitative estimate of drug-likeness (QED) is 0.0984. The molecule has 1 saturated carbocycles. The number of nitrogens with zero attached hydrogens (tertiary/aromatic N) is 2. The molecule has 0 bridgehead atoms. The van der Waals surface area contributed by atoms with E-state index >= 15 is 0 Å². The molecular weight excluding hydrogens is 730 g/mol. The Morgan fingerprint density at radius 2 is 1.64 bits per heavy atom. The third-order valence-corrected chi connectivity index (χ3v) is 9.82. The molecular formula is C38H53N7O11. The van der Waals surface area contributed by atoms with Gasteiger partial charge in [-0.2, -0.15) is 0 Å². The van der Waals surface area contributed by atoms with Gasteiger partial charge in [-0.25, -0.2) is 9.59 Å². The first kappa shape index (κ1) is 44.7. The maximum atomic E-state index is 14.4. The molecule has 2 fully saturated rings. The van der Waals surface area contributed by atoms with Crippen LogP contribution < -0.4 is 26.6 Å². The number of methoxy groups -OCH3 is 1. The fourth-order valence-corrected chi connectivity index (χ4v) is 6.69. The molecule has 0 unspecified atom stereocenters. The molecule has 18 heteroatoms. The monoisotopic (exact) mass is 783 g/mol. The van der Waals surface area contributed by atoms with Crippen LogP contribution in [0.5, 0.6) is 0 Å². The van der Waals surface area contributed by atoms with E-state index in [0.717, 1.165) is 36.4 Å². The highest BCUT2D eigenvalue weighted by molar-refractivity contribution is 6.06. The SMILES string of the molecule is CNC(=O)[C@H](C)NC(=O)[C@@H](NC(=O)[C@@H]1CC(=O)CN1C(=O)[C@@H](NC(=O)[C@H](CC/C=C/C(=O)OC)NC(=O)c1ccncc1C(=O)O)C(C)(C)C)C1CCCCC1. The predicted octanol–water partition coefficient (Wildman–Crippen LogP) is 0.404. The second-order valence-electron chi connectivity index (χ2n) is 15.0. The Balaban J connectivity index is 1.89. The van der Waals surface area contributed by atoms with Crippen molar-refractivity contribution in [2.75, 3.05) is 20.7 Å². The lowest BCUT2D eigenvalue weighted by molar-refractivity contribution is -0.145. The highest BCUT2D eigenvalue weighted by Gasteiger charge is 2.46. The summed E-state index contributed by atoms with van der Waals surface area (Å²) in [4.78, 5) is 122. The smallest absolute Gasteiger partial charge is 0.338 e. The molecule has 2 heterocycles. The number of carboxylic acids is 1. The van der Waals surface area contributed by atoms with Gasteiger partial charge in [-0.3, -0.25) is 38.5 Å². The fourth-order valence-electron chi connectivity index (χ4n) is 6.69. The number of rotatable bonds is 16. The summed E-state index contributed by atoms with van der Waals surface area (Å²) in [6, 6.07) is -4.77. The van der Waals surface area contributed by atoms with Crippen LogP contribution in [0.2, 0.25) is 0 Å². The number of hydrogen-bond donors (Lipinski definition) is 6. The molecule has 6 N–H and O–H groups in total. The van der Waals surface area contributed by atoms with Crippen molar-refractivity contribution in [3.63, 3.8) is 0 Å². The van der Waals surface area contributed by atoms with Crippen LogP contribution in [0.15, 0.2) is 30.6 Å². The largest absolute Gasteiger partial charge is 0.478 e. The number of pyridine rings is 1. The summed E-state index contributed by atoms with van der Waals surface area (Å²) < 4.78 is 4.59. The van der Waals surface area contributed by atoms with Crippen molar-refractivity contribution >= 4 is 53.2 Å².